The van der Waals surface area contributed by atoms with Gasteiger partial charge in [0.15, 0.2) is 0 Å². The third-order valence-corrected chi connectivity index (χ3v) is 5.95. The molecule has 0 N–H and O–H groups in total. The third kappa shape index (κ3) is 4.42. The molecular weight excluding hydrogens is 460 g/mol. The first kappa shape index (κ1) is 20.3. The predicted molar refractivity (Wildman–Crippen MR) is 129 cm³/mol. The molecule has 1 aromatic heterocycles. The second-order valence-electron chi connectivity index (χ2n) is 6.82. The van der Waals surface area contributed by atoms with Crippen molar-refractivity contribution in [1.29, 1.82) is 0 Å². The molecule has 4 rings (SSSR count). The number of nitrogens with zero attached hydrogens (tertiary/aromatic N) is 4. The number of anilines is 2. The lowest BCUT2D eigenvalue weighted by Gasteiger charge is -2.16. The van der Waals surface area contributed by atoms with Gasteiger partial charge >= 0.3 is 0 Å². The van der Waals surface area contributed by atoms with Crippen LogP contribution in [0.2, 0.25) is 0 Å². The summed E-state index contributed by atoms with van der Waals surface area (Å²) in [6.07, 6.45) is 1.67. The van der Waals surface area contributed by atoms with E-state index >= 15 is 0 Å². The predicted octanol–water partition coefficient (Wildman–Crippen LogP) is 5.81. The highest BCUT2D eigenvalue weighted by atomic mass is 79.9. The molecule has 1 amide bonds. The summed E-state index contributed by atoms with van der Waals surface area (Å²) < 4.78 is 1.95. The number of hydrogen-bond donors (Lipinski definition) is 0. The van der Waals surface area contributed by atoms with Crippen LogP contribution in [0.25, 0.3) is 10.2 Å². The number of fused-ring (bicyclic) bond motifs is 1. The molecule has 150 valence electrons. The minimum atomic E-state index is -0.231. The van der Waals surface area contributed by atoms with Crippen LogP contribution in [0.1, 0.15) is 15.9 Å². The van der Waals surface area contributed by atoms with Crippen molar-refractivity contribution < 1.29 is 4.79 Å². The van der Waals surface area contributed by atoms with Crippen LogP contribution in [0.5, 0.6) is 0 Å². The Morgan fingerprint density at radius 1 is 1.03 bits per heavy atom. The fourth-order valence-corrected chi connectivity index (χ4v) is 4.33. The number of amides is 1. The Hall–Kier alpha value is -3.03. The first-order valence-corrected chi connectivity index (χ1v) is 10.9. The molecule has 0 aliphatic rings. The summed E-state index contributed by atoms with van der Waals surface area (Å²) in [5, 5.41) is 6.40. The van der Waals surface area contributed by atoms with Crippen molar-refractivity contribution in [2.45, 2.75) is 0 Å². The monoisotopic (exact) mass is 478 g/mol. The smallest absolute Gasteiger partial charge is 0.280 e. The average Bonchev–Trinajstić information content (AvgIpc) is 3.17. The maximum absolute atomic E-state index is 13.3. The van der Waals surface area contributed by atoms with Crippen molar-refractivity contribution in [1.82, 2.24) is 4.98 Å². The van der Waals surface area contributed by atoms with E-state index in [1.165, 1.54) is 16.3 Å². The van der Waals surface area contributed by atoms with Crippen LogP contribution in [-0.4, -0.2) is 31.2 Å². The van der Waals surface area contributed by atoms with Crippen molar-refractivity contribution in [2.75, 3.05) is 24.0 Å². The lowest BCUT2D eigenvalue weighted by Crippen LogP contribution is -2.25. The molecule has 3 aromatic carbocycles. The normalized spacial score (nSPS) is 11.2. The van der Waals surface area contributed by atoms with Crippen molar-refractivity contribution in [3.8, 4) is 0 Å². The van der Waals surface area contributed by atoms with Gasteiger partial charge in [0.05, 0.1) is 16.4 Å². The van der Waals surface area contributed by atoms with Gasteiger partial charge in [0.2, 0.25) is 5.13 Å². The zero-order valence-electron chi connectivity index (χ0n) is 16.5. The van der Waals surface area contributed by atoms with Crippen LogP contribution in [0.4, 0.5) is 10.8 Å². The van der Waals surface area contributed by atoms with Crippen LogP contribution in [-0.2, 0) is 0 Å². The van der Waals surface area contributed by atoms with Crippen molar-refractivity contribution >= 4 is 60.4 Å². The molecule has 7 heteroatoms. The highest BCUT2D eigenvalue weighted by Crippen LogP contribution is 2.32. The number of hydrogen-bond acceptors (Lipinski definition) is 5. The molecule has 5 nitrogen and oxygen atoms in total. The Balaban J connectivity index is 1.73. The average molecular weight is 479 g/mol. The molecule has 0 fully saturated rings. The SMILES string of the molecule is CN(C)c1ccc(C(=O)N(/N=C/c2ccccc2)c2nc3ccc(Br)cc3s2)cc1. The Kier molecular flexibility index (Phi) is 5.92. The Bertz CT molecular complexity index is 1200. The largest absolute Gasteiger partial charge is 0.378 e. The summed E-state index contributed by atoms with van der Waals surface area (Å²) in [6, 6.07) is 23.0. The van der Waals surface area contributed by atoms with E-state index in [1.807, 2.05) is 91.8 Å². The van der Waals surface area contributed by atoms with Gasteiger partial charge in [0, 0.05) is 29.8 Å². The lowest BCUT2D eigenvalue weighted by molar-refractivity contribution is 0.0988. The summed E-state index contributed by atoms with van der Waals surface area (Å²) in [5.41, 5.74) is 3.30. The van der Waals surface area contributed by atoms with E-state index in [1.54, 1.807) is 6.21 Å². The molecule has 30 heavy (non-hydrogen) atoms. The number of benzene rings is 3. The number of rotatable bonds is 5. The summed E-state index contributed by atoms with van der Waals surface area (Å²) in [6.45, 7) is 0. The van der Waals surface area contributed by atoms with E-state index in [4.69, 9.17) is 0 Å². The van der Waals surface area contributed by atoms with Gasteiger partial charge in [0.25, 0.3) is 5.91 Å². The molecule has 0 aliphatic heterocycles. The van der Waals surface area contributed by atoms with E-state index in [9.17, 15) is 4.79 Å². The standard InChI is InChI=1S/C23H19BrN4OS/c1-27(2)19-11-8-17(9-12-19)22(29)28(25-15-16-6-4-3-5-7-16)23-26-20-13-10-18(24)14-21(20)30-23/h3-15H,1-2H3/b25-15+. The quantitative estimate of drug-likeness (QED) is 0.268. The number of thiazole rings is 1. The lowest BCUT2D eigenvalue weighted by atomic mass is 10.2. The third-order valence-electron chi connectivity index (χ3n) is 4.47. The Morgan fingerprint density at radius 2 is 1.77 bits per heavy atom. The van der Waals surface area contributed by atoms with Gasteiger partial charge in [-0.15, -0.1) is 0 Å². The van der Waals surface area contributed by atoms with Crippen molar-refractivity contribution in [3.63, 3.8) is 0 Å². The molecule has 0 radical (unpaired) electrons. The molecular formula is C23H19BrN4OS. The second-order valence-corrected chi connectivity index (χ2v) is 8.75. The fourth-order valence-electron chi connectivity index (χ4n) is 2.85. The van der Waals surface area contributed by atoms with Crippen molar-refractivity contribution in [2.24, 2.45) is 5.10 Å². The van der Waals surface area contributed by atoms with Crippen LogP contribution < -0.4 is 9.91 Å². The Labute approximate surface area is 187 Å². The maximum Gasteiger partial charge on any atom is 0.280 e. The van der Waals surface area contributed by atoms with Crippen LogP contribution in [0.3, 0.4) is 0 Å². The first-order chi connectivity index (χ1) is 14.5. The van der Waals surface area contributed by atoms with Gasteiger partial charge in [-0.1, -0.05) is 57.6 Å². The van der Waals surface area contributed by atoms with Gasteiger partial charge in [-0.2, -0.15) is 10.1 Å². The molecule has 0 aliphatic carbocycles. The topological polar surface area (TPSA) is 48.8 Å². The first-order valence-electron chi connectivity index (χ1n) is 9.28. The number of hydrazone groups is 1. The van der Waals surface area contributed by atoms with Gasteiger partial charge in [-0.3, -0.25) is 4.79 Å². The molecule has 0 unspecified atom stereocenters. The molecule has 0 saturated carbocycles. The number of carbonyl (C=O) groups is 1. The summed E-state index contributed by atoms with van der Waals surface area (Å²) in [7, 11) is 3.93. The van der Waals surface area contributed by atoms with E-state index in [0.717, 1.165) is 25.9 Å². The van der Waals surface area contributed by atoms with Crippen LogP contribution in [0.15, 0.2) is 82.4 Å². The summed E-state index contributed by atoms with van der Waals surface area (Å²) in [5.74, 6) is -0.231. The van der Waals surface area contributed by atoms with Gasteiger partial charge in [-0.05, 0) is 48.0 Å². The zero-order valence-corrected chi connectivity index (χ0v) is 18.9. The molecule has 4 aromatic rings. The minimum Gasteiger partial charge on any atom is -0.378 e. The van der Waals surface area contributed by atoms with Crippen molar-refractivity contribution in [3.05, 3.63) is 88.4 Å². The fraction of sp³-hybridized carbons (Fsp3) is 0.0870. The van der Waals surface area contributed by atoms with E-state index in [2.05, 4.69) is 26.0 Å². The summed E-state index contributed by atoms with van der Waals surface area (Å²) in [4.78, 5) is 20.0. The molecule has 0 spiro atoms. The van der Waals surface area contributed by atoms with E-state index in [-0.39, 0.29) is 5.91 Å². The number of aromatic nitrogens is 1. The molecule has 1 heterocycles. The van der Waals surface area contributed by atoms with E-state index < -0.39 is 0 Å². The molecule has 0 atom stereocenters. The van der Waals surface area contributed by atoms with Gasteiger partial charge < -0.3 is 4.90 Å². The van der Waals surface area contributed by atoms with Gasteiger partial charge in [-0.25, -0.2) is 4.98 Å². The molecule has 0 saturated heterocycles. The molecule has 0 bridgehead atoms. The number of halogens is 1. The van der Waals surface area contributed by atoms with Gasteiger partial charge in [0.1, 0.15) is 0 Å². The zero-order chi connectivity index (χ0) is 21.1. The highest BCUT2D eigenvalue weighted by Gasteiger charge is 2.21. The van der Waals surface area contributed by atoms with Crippen LogP contribution >= 0.6 is 27.3 Å². The summed E-state index contributed by atoms with van der Waals surface area (Å²) >= 11 is 4.92. The van der Waals surface area contributed by atoms with Crippen LogP contribution in [0, 0.1) is 0 Å². The number of carbonyl (C=O) groups excluding carboxylic acids is 1. The Morgan fingerprint density at radius 3 is 2.47 bits per heavy atom. The highest BCUT2D eigenvalue weighted by molar-refractivity contribution is 9.10. The maximum atomic E-state index is 13.3. The minimum absolute atomic E-state index is 0.231. The second kappa shape index (κ2) is 8.77. The van der Waals surface area contributed by atoms with E-state index in [0.29, 0.717) is 10.7 Å².